The number of nitrogens with zero attached hydrogens (tertiary/aromatic N) is 2. The first-order valence-electron chi connectivity index (χ1n) is 5.58. The van der Waals surface area contributed by atoms with Gasteiger partial charge in [-0.05, 0) is 26.0 Å². The highest BCUT2D eigenvalue weighted by atomic mass is 79.9. The lowest BCUT2D eigenvalue weighted by molar-refractivity contribution is -0.384. The number of nitro benzene ring substituents is 1. The molecule has 1 heterocycles. The van der Waals surface area contributed by atoms with Crippen LogP contribution in [0.5, 0.6) is 0 Å². The van der Waals surface area contributed by atoms with E-state index in [0.717, 1.165) is 15.9 Å². The third-order valence-electron chi connectivity index (χ3n) is 2.66. The topological polar surface area (TPSA) is 81.2 Å². The summed E-state index contributed by atoms with van der Waals surface area (Å²) in [5, 5.41) is 13.9. The summed E-state index contributed by atoms with van der Waals surface area (Å²) in [7, 11) is 0. The Hall–Kier alpha value is -1.89. The van der Waals surface area contributed by atoms with E-state index >= 15 is 0 Å². The van der Waals surface area contributed by atoms with Gasteiger partial charge in [0.05, 0.1) is 17.2 Å². The molecule has 0 aliphatic rings. The Bertz CT molecular complexity index is 605. The molecule has 2 rings (SSSR count). The van der Waals surface area contributed by atoms with Gasteiger partial charge >= 0.3 is 0 Å². The zero-order chi connectivity index (χ0) is 14.0. The maximum Gasteiger partial charge on any atom is 0.292 e. The molecular formula is C12H12BrN3O3. The molecule has 0 saturated carbocycles. The lowest BCUT2D eigenvalue weighted by Crippen LogP contribution is -2.03. The van der Waals surface area contributed by atoms with Gasteiger partial charge < -0.3 is 9.73 Å². The van der Waals surface area contributed by atoms with Gasteiger partial charge in [-0.3, -0.25) is 10.1 Å². The average molecular weight is 326 g/mol. The molecular weight excluding hydrogens is 314 g/mol. The number of nitro groups is 1. The van der Waals surface area contributed by atoms with Crippen LogP contribution in [0.4, 0.5) is 11.4 Å². The number of nitrogens with one attached hydrogen (secondary N) is 1. The van der Waals surface area contributed by atoms with Crippen LogP contribution >= 0.6 is 15.9 Å². The summed E-state index contributed by atoms with van der Waals surface area (Å²) >= 11 is 3.29. The molecule has 0 radical (unpaired) electrons. The first kappa shape index (κ1) is 13.5. The van der Waals surface area contributed by atoms with E-state index < -0.39 is 4.92 Å². The zero-order valence-electron chi connectivity index (χ0n) is 10.4. The monoisotopic (exact) mass is 325 g/mol. The molecule has 0 fully saturated rings. The van der Waals surface area contributed by atoms with Crippen molar-refractivity contribution in [3.05, 3.63) is 50.1 Å². The molecule has 100 valence electrons. The van der Waals surface area contributed by atoms with E-state index in [1.807, 2.05) is 13.8 Å². The summed E-state index contributed by atoms with van der Waals surface area (Å²) < 4.78 is 6.18. The Balaban J connectivity index is 2.19. The first-order chi connectivity index (χ1) is 8.97. The molecule has 19 heavy (non-hydrogen) atoms. The number of oxazole rings is 1. The highest BCUT2D eigenvalue weighted by molar-refractivity contribution is 9.10. The first-order valence-corrected chi connectivity index (χ1v) is 6.37. The number of aryl methyl sites for hydroxylation is 2. The normalized spacial score (nSPS) is 10.5. The maximum atomic E-state index is 10.9. The van der Waals surface area contributed by atoms with Gasteiger partial charge in [-0.1, -0.05) is 15.9 Å². The van der Waals surface area contributed by atoms with Gasteiger partial charge in [0.25, 0.3) is 5.69 Å². The second-order valence-electron chi connectivity index (χ2n) is 4.02. The summed E-state index contributed by atoms with van der Waals surface area (Å²) in [6, 6.07) is 4.72. The van der Waals surface area contributed by atoms with Crippen LogP contribution in [0.2, 0.25) is 0 Å². The van der Waals surface area contributed by atoms with Crippen LogP contribution in [-0.2, 0) is 6.54 Å². The standard InChI is InChI=1S/C12H12BrN3O3/c1-7-8(2)19-12(15-7)6-14-10-5-9(13)3-4-11(10)16(17)18/h3-5,14H,6H2,1-2H3. The van der Waals surface area contributed by atoms with Crippen LogP contribution in [0.3, 0.4) is 0 Å². The van der Waals surface area contributed by atoms with Crippen LogP contribution in [0.15, 0.2) is 27.1 Å². The van der Waals surface area contributed by atoms with E-state index in [1.165, 1.54) is 6.07 Å². The quantitative estimate of drug-likeness (QED) is 0.686. The lowest BCUT2D eigenvalue weighted by Gasteiger charge is -2.05. The molecule has 1 aromatic carbocycles. The summed E-state index contributed by atoms with van der Waals surface area (Å²) in [5.41, 5.74) is 1.26. The minimum atomic E-state index is -0.430. The van der Waals surface area contributed by atoms with E-state index in [-0.39, 0.29) is 5.69 Å². The van der Waals surface area contributed by atoms with Crippen LogP contribution in [0, 0.1) is 24.0 Å². The van der Waals surface area contributed by atoms with Crippen molar-refractivity contribution in [2.45, 2.75) is 20.4 Å². The maximum absolute atomic E-state index is 10.9. The fourth-order valence-corrected chi connectivity index (χ4v) is 1.96. The predicted molar refractivity (Wildman–Crippen MR) is 74.1 cm³/mol. The average Bonchev–Trinajstić information content (AvgIpc) is 2.66. The van der Waals surface area contributed by atoms with Crippen molar-refractivity contribution in [2.75, 3.05) is 5.32 Å². The highest BCUT2D eigenvalue weighted by Crippen LogP contribution is 2.28. The zero-order valence-corrected chi connectivity index (χ0v) is 12.0. The van der Waals surface area contributed by atoms with E-state index in [4.69, 9.17) is 4.42 Å². The lowest BCUT2D eigenvalue weighted by atomic mass is 10.2. The summed E-state index contributed by atoms with van der Waals surface area (Å²) in [5.74, 6) is 1.25. The molecule has 0 bridgehead atoms. The third kappa shape index (κ3) is 3.11. The van der Waals surface area contributed by atoms with Crippen molar-refractivity contribution >= 4 is 27.3 Å². The summed E-state index contributed by atoms with van der Waals surface area (Å²) in [6.07, 6.45) is 0. The molecule has 0 amide bonds. The number of hydrogen-bond donors (Lipinski definition) is 1. The van der Waals surface area contributed by atoms with Crippen LogP contribution in [0.25, 0.3) is 0 Å². The molecule has 0 spiro atoms. The fourth-order valence-electron chi connectivity index (χ4n) is 1.59. The Morgan fingerprint density at radius 2 is 2.21 bits per heavy atom. The van der Waals surface area contributed by atoms with Gasteiger partial charge in [-0.25, -0.2) is 4.98 Å². The van der Waals surface area contributed by atoms with E-state index in [9.17, 15) is 10.1 Å². The second kappa shape index (κ2) is 5.40. The number of hydrogen-bond acceptors (Lipinski definition) is 5. The molecule has 0 aliphatic carbocycles. The Morgan fingerprint density at radius 1 is 1.47 bits per heavy atom. The van der Waals surface area contributed by atoms with Crippen LogP contribution in [0.1, 0.15) is 17.3 Å². The number of aromatic nitrogens is 1. The van der Waals surface area contributed by atoms with Gasteiger partial charge in [0.15, 0.2) is 0 Å². The number of halogens is 1. The van der Waals surface area contributed by atoms with Crippen molar-refractivity contribution in [3.8, 4) is 0 Å². The van der Waals surface area contributed by atoms with Gasteiger partial charge in [-0.15, -0.1) is 0 Å². The largest absolute Gasteiger partial charge is 0.444 e. The molecule has 1 aromatic heterocycles. The molecule has 7 heteroatoms. The Morgan fingerprint density at radius 3 is 2.79 bits per heavy atom. The summed E-state index contributed by atoms with van der Waals surface area (Å²) in [4.78, 5) is 14.7. The Labute approximate surface area is 118 Å². The number of rotatable bonds is 4. The van der Waals surface area contributed by atoms with Gasteiger partial charge in [0.2, 0.25) is 5.89 Å². The van der Waals surface area contributed by atoms with Gasteiger partial charge in [0.1, 0.15) is 11.4 Å². The predicted octanol–water partition coefficient (Wildman–Crippen LogP) is 3.57. The van der Waals surface area contributed by atoms with Crippen molar-refractivity contribution in [1.29, 1.82) is 0 Å². The number of benzene rings is 1. The van der Waals surface area contributed by atoms with Crippen molar-refractivity contribution in [2.24, 2.45) is 0 Å². The summed E-state index contributed by atoms with van der Waals surface area (Å²) in [6.45, 7) is 3.98. The molecule has 0 unspecified atom stereocenters. The fraction of sp³-hybridized carbons (Fsp3) is 0.250. The smallest absolute Gasteiger partial charge is 0.292 e. The van der Waals surface area contributed by atoms with E-state index in [0.29, 0.717) is 18.1 Å². The van der Waals surface area contributed by atoms with Crippen molar-refractivity contribution in [3.63, 3.8) is 0 Å². The SMILES string of the molecule is Cc1nc(CNc2cc(Br)ccc2[N+](=O)[O-])oc1C. The molecule has 0 aliphatic heterocycles. The minimum absolute atomic E-state index is 0.0169. The number of anilines is 1. The highest BCUT2D eigenvalue weighted by Gasteiger charge is 2.14. The van der Waals surface area contributed by atoms with Gasteiger partial charge in [0, 0.05) is 10.5 Å². The van der Waals surface area contributed by atoms with Crippen LogP contribution < -0.4 is 5.32 Å². The molecule has 0 atom stereocenters. The second-order valence-corrected chi connectivity index (χ2v) is 4.94. The van der Waals surface area contributed by atoms with Gasteiger partial charge in [-0.2, -0.15) is 0 Å². The van der Waals surface area contributed by atoms with Crippen molar-refractivity contribution < 1.29 is 9.34 Å². The third-order valence-corrected chi connectivity index (χ3v) is 3.15. The molecule has 2 aromatic rings. The van der Waals surface area contributed by atoms with E-state index in [1.54, 1.807) is 12.1 Å². The van der Waals surface area contributed by atoms with Crippen LogP contribution in [-0.4, -0.2) is 9.91 Å². The molecule has 0 saturated heterocycles. The minimum Gasteiger partial charge on any atom is -0.444 e. The van der Waals surface area contributed by atoms with E-state index in [2.05, 4.69) is 26.2 Å². The van der Waals surface area contributed by atoms with Crippen molar-refractivity contribution in [1.82, 2.24) is 4.98 Å². The molecule has 1 N–H and O–H groups in total. The molecule has 6 nitrogen and oxygen atoms in total. The Kier molecular flexibility index (Phi) is 3.84.